The highest BCUT2D eigenvalue weighted by atomic mass is 35.5. The number of aromatic nitrogens is 1. The molecule has 1 saturated heterocycles. The molecule has 0 radical (unpaired) electrons. The van der Waals surface area contributed by atoms with Crippen LogP contribution in [-0.2, 0) is 24.9 Å². The van der Waals surface area contributed by atoms with Crippen LogP contribution in [0.15, 0.2) is 47.7 Å². The average molecular weight is 388 g/mol. The molecule has 0 atom stereocenters. The maximum Gasteiger partial charge on any atom is 0.242 e. The zero-order valence-corrected chi connectivity index (χ0v) is 16.6. The van der Waals surface area contributed by atoms with Gasteiger partial charge in [-0.15, -0.1) is 0 Å². The molecule has 0 aliphatic carbocycles. The molecule has 0 bridgehead atoms. The number of halogens is 1. The number of carbonyl (C=O) groups excluding carboxylic acids is 1. The molecular formula is C20H26ClN5O. The fraction of sp³-hybridized carbons (Fsp3) is 0.400. The van der Waals surface area contributed by atoms with E-state index in [0.717, 1.165) is 30.2 Å². The first-order valence-corrected chi connectivity index (χ1v) is 9.59. The second-order valence-electron chi connectivity index (χ2n) is 6.72. The molecule has 1 N–H and O–H groups in total. The molecule has 2 aromatic rings. The van der Waals surface area contributed by atoms with E-state index >= 15 is 0 Å². The molecule has 1 aliphatic heterocycles. The lowest BCUT2D eigenvalue weighted by molar-refractivity contribution is -0.135. The molecule has 1 fully saturated rings. The van der Waals surface area contributed by atoms with Gasteiger partial charge >= 0.3 is 0 Å². The highest BCUT2D eigenvalue weighted by Gasteiger charge is 2.25. The molecule has 1 amide bonds. The Morgan fingerprint density at radius 2 is 1.96 bits per heavy atom. The summed E-state index contributed by atoms with van der Waals surface area (Å²) >= 11 is 5.93. The third kappa shape index (κ3) is 5.26. The van der Waals surface area contributed by atoms with Crippen molar-refractivity contribution in [3.63, 3.8) is 0 Å². The summed E-state index contributed by atoms with van der Waals surface area (Å²) in [7, 11) is 2.00. The van der Waals surface area contributed by atoms with Crippen molar-refractivity contribution in [2.75, 3.05) is 26.2 Å². The largest absolute Gasteiger partial charge is 0.357 e. The number of hydrogen-bond acceptors (Lipinski definition) is 2. The number of guanidine groups is 1. The smallest absolute Gasteiger partial charge is 0.242 e. The average Bonchev–Trinajstić information content (AvgIpc) is 3.07. The zero-order valence-electron chi connectivity index (χ0n) is 15.9. The van der Waals surface area contributed by atoms with Crippen LogP contribution in [0.3, 0.4) is 0 Å². The van der Waals surface area contributed by atoms with Crippen LogP contribution in [0.1, 0.15) is 18.1 Å². The third-order valence-corrected chi connectivity index (χ3v) is 4.80. The van der Waals surface area contributed by atoms with Gasteiger partial charge in [0.05, 0.1) is 13.1 Å². The lowest BCUT2D eigenvalue weighted by atomic mass is 10.2. The molecule has 0 saturated carbocycles. The van der Waals surface area contributed by atoms with Crippen molar-refractivity contribution < 1.29 is 4.79 Å². The van der Waals surface area contributed by atoms with Crippen molar-refractivity contribution in [1.29, 1.82) is 0 Å². The number of hydrogen-bond donors (Lipinski definition) is 1. The predicted molar refractivity (Wildman–Crippen MR) is 109 cm³/mol. The summed E-state index contributed by atoms with van der Waals surface area (Å²) in [5.41, 5.74) is 2.24. The fourth-order valence-corrected chi connectivity index (χ4v) is 3.24. The lowest BCUT2D eigenvalue weighted by Crippen LogP contribution is -2.54. The number of nitrogens with zero attached hydrogens (tertiary/aromatic N) is 4. The minimum Gasteiger partial charge on any atom is -0.357 e. The minimum absolute atomic E-state index is 0.113. The number of amides is 1. The highest BCUT2D eigenvalue weighted by Crippen LogP contribution is 2.14. The Morgan fingerprint density at radius 1 is 1.19 bits per heavy atom. The first kappa shape index (κ1) is 19.3. The van der Waals surface area contributed by atoms with Gasteiger partial charge in [0, 0.05) is 50.6 Å². The van der Waals surface area contributed by atoms with Crippen LogP contribution in [0.2, 0.25) is 5.02 Å². The lowest BCUT2D eigenvalue weighted by Gasteiger charge is -2.36. The Bertz CT molecular complexity index is 799. The van der Waals surface area contributed by atoms with E-state index in [-0.39, 0.29) is 5.91 Å². The van der Waals surface area contributed by atoms with E-state index in [1.54, 1.807) is 0 Å². The highest BCUT2D eigenvalue weighted by molar-refractivity contribution is 6.30. The first-order valence-electron chi connectivity index (χ1n) is 9.21. The summed E-state index contributed by atoms with van der Waals surface area (Å²) in [6.45, 7) is 5.80. The molecule has 7 heteroatoms. The van der Waals surface area contributed by atoms with Gasteiger partial charge in [-0.2, -0.15) is 0 Å². The third-order valence-electron chi connectivity index (χ3n) is 4.54. The quantitative estimate of drug-likeness (QED) is 0.633. The van der Waals surface area contributed by atoms with Crippen molar-refractivity contribution in [3.05, 3.63) is 58.9 Å². The minimum atomic E-state index is 0.113. The Balaban J connectivity index is 1.61. The first-order chi connectivity index (χ1) is 13.0. The number of piperazine rings is 1. The molecule has 1 aliphatic rings. The van der Waals surface area contributed by atoms with E-state index in [0.29, 0.717) is 31.2 Å². The Hall–Kier alpha value is -2.47. The SMILES string of the molecule is CCNC(=NCc1ccn(C)c1)N1CCN(Cc2ccc(Cl)cc2)C(=O)C1. The van der Waals surface area contributed by atoms with Crippen LogP contribution < -0.4 is 5.32 Å². The molecule has 3 rings (SSSR count). The van der Waals surface area contributed by atoms with Gasteiger partial charge in [0.25, 0.3) is 0 Å². The van der Waals surface area contributed by atoms with Crippen molar-refractivity contribution in [2.24, 2.45) is 12.0 Å². The van der Waals surface area contributed by atoms with E-state index in [1.807, 2.05) is 58.8 Å². The Labute approximate surface area is 165 Å². The molecule has 1 aromatic carbocycles. The predicted octanol–water partition coefficient (Wildman–Crippen LogP) is 2.49. The standard InChI is InChI=1S/C20H26ClN5O/c1-3-22-20(23-12-17-8-9-24(2)13-17)26-11-10-25(19(27)15-26)14-16-4-6-18(21)7-5-16/h4-9,13H,3,10-12,14-15H2,1-2H3,(H,22,23). The number of aliphatic imine (C=N–C) groups is 1. The summed E-state index contributed by atoms with van der Waals surface area (Å²) in [5, 5.41) is 4.01. The number of benzene rings is 1. The van der Waals surface area contributed by atoms with Crippen LogP contribution in [0, 0.1) is 0 Å². The number of rotatable bonds is 5. The van der Waals surface area contributed by atoms with Gasteiger partial charge in [-0.1, -0.05) is 23.7 Å². The molecule has 6 nitrogen and oxygen atoms in total. The second-order valence-corrected chi connectivity index (χ2v) is 7.16. The van der Waals surface area contributed by atoms with Gasteiger partial charge in [0.15, 0.2) is 5.96 Å². The molecule has 0 spiro atoms. The molecule has 2 heterocycles. The van der Waals surface area contributed by atoms with Crippen molar-refractivity contribution in [1.82, 2.24) is 19.7 Å². The number of aryl methyl sites for hydroxylation is 1. The maximum absolute atomic E-state index is 12.6. The van der Waals surface area contributed by atoms with Crippen LogP contribution in [-0.4, -0.2) is 52.4 Å². The summed E-state index contributed by atoms with van der Waals surface area (Å²) < 4.78 is 2.01. The fourth-order valence-electron chi connectivity index (χ4n) is 3.11. The van der Waals surface area contributed by atoms with Crippen LogP contribution in [0.25, 0.3) is 0 Å². The maximum atomic E-state index is 12.6. The second kappa shape index (κ2) is 8.95. The molecule has 0 unspecified atom stereocenters. The van der Waals surface area contributed by atoms with Crippen LogP contribution in [0.4, 0.5) is 0 Å². The van der Waals surface area contributed by atoms with E-state index < -0.39 is 0 Å². The Morgan fingerprint density at radius 3 is 2.59 bits per heavy atom. The molecule has 27 heavy (non-hydrogen) atoms. The monoisotopic (exact) mass is 387 g/mol. The van der Waals surface area contributed by atoms with Gasteiger partial charge < -0.3 is 19.7 Å². The van der Waals surface area contributed by atoms with Gasteiger partial charge in [0.2, 0.25) is 5.91 Å². The number of carbonyl (C=O) groups is 1. The summed E-state index contributed by atoms with van der Waals surface area (Å²) in [6, 6.07) is 9.71. The van der Waals surface area contributed by atoms with Crippen molar-refractivity contribution in [2.45, 2.75) is 20.0 Å². The number of nitrogens with one attached hydrogen (secondary N) is 1. The zero-order chi connectivity index (χ0) is 19.2. The van der Waals surface area contributed by atoms with E-state index in [1.165, 1.54) is 0 Å². The van der Waals surface area contributed by atoms with E-state index in [9.17, 15) is 4.79 Å². The van der Waals surface area contributed by atoms with Crippen molar-refractivity contribution in [3.8, 4) is 0 Å². The van der Waals surface area contributed by atoms with Gasteiger partial charge in [-0.3, -0.25) is 4.79 Å². The van der Waals surface area contributed by atoms with Gasteiger partial charge in [-0.05, 0) is 36.2 Å². The van der Waals surface area contributed by atoms with E-state index in [2.05, 4.69) is 17.6 Å². The molecular weight excluding hydrogens is 362 g/mol. The Kier molecular flexibility index (Phi) is 6.40. The van der Waals surface area contributed by atoms with Crippen LogP contribution >= 0.6 is 11.6 Å². The van der Waals surface area contributed by atoms with Crippen LogP contribution in [0.5, 0.6) is 0 Å². The molecule has 144 valence electrons. The summed E-state index contributed by atoms with van der Waals surface area (Å²) in [5.74, 6) is 0.905. The van der Waals surface area contributed by atoms with Crippen molar-refractivity contribution >= 4 is 23.5 Å². The topological polar surface area (TPSA) is 52.9 Å². The van der Waals surface area contributed by atoms with Gasteiger partial charge in [-0.25, -0.2) is 4.99 Å². The van der Waals surface area contributed by atoms with Gasteiger partial charge in [0.1, 0.15) is 0 Å². The normalized spacial score (nSPS) is 15.4. The molecule has 1 aromatic heterocycles. The van der Waals surface area contributed by atoms with E-state index in [4.69, 9.17) is 16.6 Å². The summed E-state index contributed by atoms with van der Waals surface area (Å²) in [4.78, 5) is 21.3. The summed E-state index contributed by atoms with van der Waals surface area (Å²) in [6.07, 6.45) is 4.07.